The van der Waals surface area contributed by atoms with Crippen LogP contribution in [0, 0.1) is 0 Å². The number of rotatable bonds is 2. The van der Waals surface area contributed by atoms with E-state index in [-0.39, 0.29) is 12.0 Å². The van der Waals surface area contributed by atoms with Gasteiger partial charge in [-0.15, -0.1) is 0 Å². The summed E-state index contributed by atoms with van der Waals surface area (Å²) in [7, 11) is 3.64. The number of esters is 1. The predicted octanol–water partition coefficient (Wildman–Crippen LogP) is 0.328. The Kier molecular flexibility index (Phi) is 3.26. The van der Waals surface area contributed by atoms with Crippen LogP contribution < -0.4 is 0 Å². The van der Waals surface area contributed by atoms with Crippen LogP contribution in [0.1, 0.15) is 19.3 Å². The quantitative estimate of drug-likeness (QED) is 0.617. The lowest BCUT2D eigenvalue weighted by Crippen LogP contribution is -2.59. The number of methoxy groups -OCH3 is 1. The highest BCUT2D eigenvalue weighted by molar-refractivity contribution is 5.76. The van der Waals surface area contributed by atoms with Crippen molar-refractivity contribution in [2.75, 3.05) is 33.8 Å². The van der Waals surface area contributed by atoms with Crippen LogP contribution in [-0.4, -0.2) is 61.6 Å². The van der Waals surface area contributed by atoms with Crippen molar-refractivity contribution in [3.8, 4) is 0 Å². The molecule has 2 aliphatic heterocycles. The predicted molar refractivity (Wildman–Crippen MR) is 57.6 cm³/mol. The van der Waals surface area contributed by atoms with Gasteiger partial charge in [0.25, 0.3) is 0 Å². The molecule has 0 amide bonds. The molecule has 2 fully saturated rings. The van der Waals surface area contributed by atoms with Gasteiger partial charge in [-0.05, 0) is 39.4 Å². The van der Waals surface area contributed by atoms with E-state index in [4.69, 9.17) is 4.74 Å². The first-order valence-corrected chi connectivity index (χ1v) is 5.74. The monoisotopic (exact) mass is 212 g/mol. The summed E-state index contributed by atoms with van der Waals surface area (Å²) in [5, 5.41) is 0. The van der Waals surface area contributed by atoms with E-state index in [2.05, 4.69) is 16.8 Å². The minimum atomic E-state index is -0.0554. The fourth-order valence-electron chi connectivity index (χ4n) is 2.56. The number of hydrogen-bond acceptors (Lipinski definition) is 4. The third-order valence-electron chi connectivity index (χ3n) is 3.69. The van der Waals surface area contributed by atoms with Crippen LogP contribution >= 0.6 is 0 Å². The lowest BCUT2D eigenvalue weighted by molar-refractivity contribution is -0.154. The van der Waals surface area contributed by atoms with Gasteiger partial charge in [0.2, 0.25) is 0 Å². The van der Waals surface area contributed by atoms with E-state index >= 15 is 0 Å². The molecule has 0 radical (unpaired) electrons. The van der Waals surface area contributed by atoms with E-state index in [1.54, 1.807) is 0 Å². The maximum atomic E-state index is 11.4. The molecule has 0 aromatic heterocycles. The molecule has 2 heterocycles. The summed E-state index contributed by atoms with van der Waals surface area (Å²) >= 11 is 0. The molecule has 2 saturated heterocycles. The van der Waals surface area contributed by atoms with Crippen molar-refractivity contribution >= 4 is 5.97 Å². The Bertz CT molecular complexity index is 237. The van der Waals surface area contributed by atoms with Crippen LogP contribution in [0.3, 0.4) is 0 Å². The van der Waals surface area contributed by atoms with E-state index in [1.807, 2.05) is 0 Å². The Morgan fingerprint density at radius 1 is 1.20 bits per heavy atom. The maximum absolute atomic E-state index is 11.4. The van der Waals surface area contributed by atoms with Crippen molar-refractivity contribution in [3.63, 3.8) is 0 Å². The lowest BCUT2D eigenvalue weighted by atomic mass is 9.94. The van der Waals surface area contributed by atoms with Gasteiger partial charge in [-0.3, -0.25) is 9.69 Å². The van der Waals surface area contributed by atoms with Crippen LogP contribution in [-0.2, 0) is 9.53 Å². The first-order chi connectivity index (χ1) is 7.22. The third-order valence-corrected chi connectivity index (χ3v) is 3.69. The van der Waals surface area contributed by atoms with E-state index in [0.29, 0.717) is 6.04 Å². The Morgan fingerprint density at radius 2 is 1.87 bits per heavy atom. The van der Waals surface area contributed by atoms with Gasteiger partial charge >= 0.3 is 5.97 Å². The molecule has 0 aliphatic carbocycles. The van der Waals surface area contributed by atoms with E-state index < -0.39 is 0 Å². The number of likely N-dealkylation sites (tertiary alicyclic amines) is 2. The van der Waals surface area contributed by atoms with Gasteiger partial charge in [0.15, 0.2) is 0 Å². The fourth-order valence-corrected chi connectivity index (χ4v) is 2.56. The van der Waals surface area contributed by atoms with Crippen molar-refractivity contribution in [2.24, 2.45) is 0 Å². The number of hydrogen-bond donors (Lipinski definition) is 0. The number of ether oxygens (including phenoxy) is 1. The molecule has 15 heavy (non-hydrogen) atoms. The Labute approximate surface area is 91.2 Å². The molecule has 0 unspecified atom stereocenters. The number of carbonyl (C=O) groups excluding carboxylic acids is 1. The summed E-state index contributed by atoms with van der Waals surface area (Å²) in [5.41, 5.74) is 0. The largest absolute Gasteiger partial charge is 0.468 e. The highest BCUT2D eigenvalue weighted by atomic mass is 16.5. The number of nitrogens with zero attached hydrogens (tertiary/aromatic N) is 2. The zero-order valence-corrected chi connectivity index (χ0v) is 9.61. The molecule has 0 aromatic carbocycles. The summed E-state index contributed by atoms with van der Waals surface area (Å²) in [6.07, 6.45) is 3.34. The second-order valence-electron chi connectivity index (χ2n) is 4.60. The van der Waals surface area contributed by atoms with E-state index in [0.717, 1.165) is 26.1 Å². The van der Waals surface area contributed by atoms with Gasteiger partial charge in [0.1, 0.15) is 6.04 Å². The molecule has 0 spiro atoms. The van der Waals surface area contributed by atoms with Crippen molar-refractivity contribution in [3.05, 3.63) is 0 Å². The molecule has 4 nitrogen and oxygen atoms in total. The molecule has 0 saturated carbocycles. The maximum Gasteiger partial charge on any atom is 0.323 e. The van der Waals surface area contributed by atoms with Crippen molar-refractivity contribution in [2.45, 2.75) is 31.3 Å². The minimum absolute atomic E-state index is 0.0448. The van der Waals surface area contributed by atoms with Crippen molar-refractivity contribution in [1.82, 2.24) is 9.80 Å². The van der Waals surface area contributed by atoms with Crippen LogP contribution in [0.2, 0.25) is 0 Å². The summed E-state index contributed by atoms with van der Waals surface area (Å²) in [5.74, 6) is -0.0554. The van der Waals surface area contributed by atoms with Crippen molar-refractivity contribution < 1.29 is 9.53 Å². The van der Waals surface area contributed by atoms with E-state index in [1.165, 1.54) is 20.0 Å². The van der Waals surface area contributed by atoms with Gasteiger partial charge in [-0.25, -0.2) is 0 Å². The minimum Gasteiger partial charge on any atom is -0.468 e. The molecular formula is C11H20N2O2. The molecule has 1 atom stereocenters. The molecule has 0 bridgehead atoms. The summed E-state index contributed by atoms with van der Waals surface area (Å²) in [6.45, 7) is 3.36. The Morgan fingerprint density at radius 3 is 2.33 bits per heavy atom. The number of piperidine rings is 1. The highest BCUT2D eigenvalue weighted by Crippen LogP contribution is 2.27. The zero-order chi connectivity index (χ0) is 10.8. The van der Waals surface area contributed by atoms with Gasteiger partial charge in [0.05, 0.1) is 7.11 Å². The highest BCUT2D eigenvalue weighted by Gasteiger charge is 2.39. The third kappa shape index (κ3) is 2.16. The zero-order valence-electron chi connectivity index (χ0n) is 9.61. The average molecular weight is 212 g/mol. The molecule has 0 N–H and O–H groups in total. The van der Waals surface area contributed by atoms with Crippen LogP contribution in [0.15, 0.2) is 0 Å². The average Bonchev–Trinajstić information content (AvgIpc) is 2.19. The SMILES string of the molecule is COC(=O)[C@@H]1CCN1C1CCN(C)CC1. The summed E-state index contributed by atoms with van der Waals surface area (Å²) in [6, 6.07) is 0.641. The topological polar surface area (TPSA) is 32.8 Å². The van der Waals surface area contributed by atoms with Gasteiger partial charge < -0.3 is 9.64 Å². The molecule has 4 heteroatoms. The van der Waals surface area contributed by atoms with Crippen LogP contribution in [0.4, 0.5) is 0 Å². The van der Waals surface area contributed by atoms with Gasteiger partial charge in [-0.2, -0.15) is 0 Å². The first kappa shape index (κ1) is 10.9. The Balaban J connectivity index is 1.86. The summed E-state index contributed by atoms with van der Waals surface area (Å²) < 4.78 is 4.81. The number of carbonyl (C=O) groups is 1. The van der Waals surface area contributed by atoms with Crippen molar-refractivity contribution in [1.29, 1.82) is 0 Å². The normalized spacial score (nSPS) is 29.9. The smallest absolute Gasteiger partial charge is 0.323 e. The van der Waals surface area contributed by atoms with Gasteiger partial charge in [0, 0.05) is 12.6 Å². The first-order valence-electron chi connectivity index (χ1n) is 5.74. The second-order valence-corrected chi connectivity index (χ2v) is 4.60. The second kappa shape index (κ2) is 4.49. The van der Waals surface area contributed by atoms with E-state index in [9.17, 15) is 4.79 Å². The Hall–Kier alpha value is -0.610. The molecule has 0 aromatic rings. The van der Waals surface area contributed by atoms with Crippen LogP contribution in [0.25, 0.3) is 0 Å². The molecule has 2 rings (SSSR count). The fraction of sp³-hybridized carbons (Fsp3) is 0.909. The molecule has 86 valence electrons. The van der Waals surface area contributed by atoms with Gasteiger partial charge in [-0.1, -0.05) is 0 Å². The molecule has 2 aliphatic rings. The molecular weight excluding hydrogens is 192 g/mol. The summed E-state index contributed by atoms with van der Waals surface area (Å²) in [4.78, 5) is 16.1. The van der Waals surface area contributed by atoms with Crippen LogP contribution in [0.5, 0.6) is 0 Å². The lowest BCUT2D eigenvalue weighted by Gasteiger charge is -2.46. The standard InChI is InChI=1S/C11H20N2O2/c1-12-6-3-9(4-7-12)13-8-5-10(13)11(14)15-2/h9-10H,3-8H2,1-2H3/t10-/m0/s1.